The van der Waals surface area contributed by atoms with Crippen LogP contribution < -0.4 is 0 Å². The highest BCUT2D eigenvalue weighted by Gasteiger charge is 2.25. The maximum atomic E-state index is 12.6. The van der Waals surface area contributed by atoms with E-state index in [0.717, 1.165) is 38.3 Å². The molecule has 0 aliphatic carbocycles. The number of carbonyl (C=O) groups excluding carboxylic acids is 1. The Balaban J connectivity index is 1.59. The van der Waals surface area contributed by atoms with Crippen molar-refractivity contribution in [1.82, 2.24) is 14.5 Å². The van der Waals surface area contributed by atoms with Crippen molar-refractivity contribution in [2.45, 2.75) is 39.2 Å². The molecule has 1 aromatic carbocycles. The maximum absolute atomic E-state index is 12.6. The van der Waals surface area contributed by atoms with E-state index in [4.69, 9.17) is 11.6 Å². The van der Waals surface area contributed by atoms with E-state index in [1.54, 1.807) is 12.1 Å². The second kappa shape index (κ2) is 7.39. The predicted octanol–water partition coefficient (Wildman–Crippen LogP) is 4.21. The number of rotatable bonds is 4. The van der Waals surface area contributed by atoms with Crippen LogP contribution in [0.25, 0.3) is 0 Å². The maximum Gasteiger partial charge on any atom is 0.255 e. The van der Waals surface area contributed by atoms with E-state index in [0.29, 0.717) is 22.4 Å². The summed E-state index contributed by atoms with van der Waals surface area (Å²) in [6.07, 6.45) is 5.99. The molecule has 5 heteroatoms. The van der Waals surface area contributed by atoms with Crippen LogP contribution in [-0.4, -0.2) is 33.4 Å². The largest absolute Gasteiger partial charge is 0.339 e. The van der Waals surface area contributed by atoms with Crippen LogP contribution >= 0.6 is 11.6 Å². The molecule has 1 fully saturated rings. The van der Waals surface area contributed by atoms with Crippen molar-refractivity contribution in [3.05, 3.63) is 53.1 Å². The topological polar surface area (TPSA) is 38.1 Å². The number of amides is 1. The van der Waals surface area contributed by atoms with E-state index in [9.17, 15) is 4.79 Å². The first kappa shape index (κ1) is 17.0. The van der Waals surface area contributed by atoms with E-state index in [2.05, 4.69) is 29.6 Å². The third kappa shape index (κ3) is 3.64. The van der Waals surface area contributed by atoms with Crippen LogP contribution in [0.2, 0.25) is 5.02 Å². The minimum absolute atomic E-state index is 0.0459. The molecule has 0 unspecified atom stereocenters. The number of benzene rings is 1. The lowest BCUT2D eigenvalue weighted by Crippen LogP contribution is -2.39. The highest BCUT2D eigenvalue weighted by atomic mass is 35.5. The van der Waals surface area contributed by atoms with E-state index in [1.165, 1.54) is 0 Å². The highest BCUT2D eigenvalue weighted by molar-refractivity contribution is 6.33. The van der Waals surface area contributed by atoms with Gasteiger partial charge in [0.15, 0.2) is 0 Å². The Kier molecular flexibility index (Phi) is 5.24. The zero-order chi connectivity index (χ0) is 17.1. The molecule has 0 atom stereocenters. The molecule has 2 heterocycles. The summed E-state index contributed by atoms with van der Waals surface area (Å²) in [4.78, 5) is 19.0. The van der Waals surface area contributed by atoms with Crippen molar-refractivity contribution < 1.29 is 4.79 Å². The molecular formula is C19H24ClN3O. The van der Waals surface area contributed by atoms with Crippen molar-refractivity contribution in [2.75, 3.05) is 13.1 Å². The van der Waals surface area contributed by atoms with Gasteiger partial charge in [-0.05, 0) is 30.9 Å². The molecule has 24 heavy (non-hydrogen) atoms. The van der Waals surface area contributed by atoms with Crippen LogP contribution in [0.1, 0.15) is 48.8 Å². The fourth-order valence-electron chi connectivity index (χ4n) is 3.38. The standard InChI is InChI=1S/C19H24ClN3O/c1-14(2)18-21-9-12-23(18)13-15-7-10-22(11-8-15)19(24)16-5-3-4-6-17(16)20/h3-6,9,12,14-15H,7-8,10-11,13H2,1-2H3. The van der Waals surface area contributed by atoms with Crippen molar-refractivity contribution in [3.8, 4) is 0 Å². The number of piperidine rings is 1. The van der Waals surface area contributed by atoms with E-state index >= 15 is 0 Å². The van der Waals surface area contributed by atoms with E-state index in [-0.39, 0.29) is 5.91 Å². The van der Waals surface area contributed by atoms with Gasteiger partial charge in [-0.1, -0.05) is 37.6 Å². The molecule has 2 aromatic rings. The van der Waals surface area contributed by atoms with Crippen LogP contribution in [0.4, 0.5) is 0 Å². The van der Waals surface area contributed by atoms with Crippen LogP contribution in [0.3, 0.4) is 0 Å². The normalized spacial score (nSPS) is 15.9. The summed E-state index contributed by atoms with van der Waals surface area (Å²) < 4.78 is 2.26. The lowest BCUT2D eigenvalue weighted by Gasteiger charge is -2.32. The van der Waals surface area contributed by atoms with Gasteiger partial charge in [-0.25, -0.2) is 4.98 Å². The zero-order valence-electron chi connectivity index (χ0n) is 14.3. The Morgan fingerprint density at radius 2 is 2.00 bits per heavy atom. The first-order valence-electron chi connectivity index (χ1n) is 8.61. The van der Waals surface area contributed by atoms with Crippen molar-refractivity contribution >= 4 is 17.5 Å². The minimum Gasteiger partial charge on any atom is -0.339 e. The SMILES string of the molecule is CC(C)c1nccn1CC1CCN(C(=O)c2ccccc2Cl)CC1. The van der Waals surface area contributed by atoms with Crippen LogP contribution in [0.5, 0.6) is 0 Å². The summed E-state index contributed by atoms with van der Waals surface area (Å²) in [6.45, 7) is 6.91. The van der Waals surface area contributed by atoms with Gasteiger partial charge >= 0.3 is 0 Å². The number of halogens is 1. The average molecular weight is 346 g/mol. The summed E-state index contributed by atoms with van der Waals surface area (Å²) in [6, 6.07) is 7.28. The summed E-state index contributed by atoms with van der Waals surface area (Å²) in [7, 11) is 0. The lowest BCUT2D eigenvalue weighted by molar-refractivity contribution is 0.0682. The van der Waals surface area contributed by atoms with Crippen molar-refractivity contribution in [2.24, 2.45) is 5.92 Å². The summed E-state index contributed by atoms with van der Waals surface area (Å²) in [5.41, 5.74) is 0.606. The number of aromatic nitrogens is 2. The number of imidazole rings is 1. The molecule has 0 saturated carbocycles. The minimum atomic E-state index is 0.0459. The monoisotopic (exact) mass is 345 g/mol. The van der Waals surface area contributed by atoms with E-state index in [1.807, 2.05) is 23.2 Å². The number of nitrogens with zero attached hydrogens (tertiary/aromatic N) is 3. The average Bonchev–Trinajstić information content (AvgIpc) is 3.04. The molecule has 0 radical (unpaired) electrons. The van der Waals surface area contributed by atoms with E-state index < -0.39 is 0 Å². The first-order chi connectivity index (χ1) is 11.6. The fraction of sp³-hybridized carbons (Fsp3) is 0.474. The number of hydrogen-bond acceptors (Lipinski definition) is 2. The van der Waals surface area contributed by atoms with Gasteiger partial charge in [0.25, 0.3) is 5.91 Å². The molecule has 128 valence electrons. The Hall–Kier alpha value is -1.81. The van der Waals surface area contributed by atoms with Gasteiger partial charge in [-0.15, -0.1) is 0 Å². The third-order valence-electron chi connectivity index (χ3n) is 4.72. The van der Waals surface area contributed by atoms with Crippen molar-refractivity contribution in [3.63, 3.8) is 0 Å². The Morgan fingerprint density at radius 1 is 1.29 bits per heavy atom. The number of carbonyl (C=O) groups is 1. The smallest absolute Gasteiger partial charge is 0.255 e. The molecule has 0 spiro atoms. The number of likely N-dealkylation sites (tertiary alicyclic amines) is 1. The van der Waals surface area contributed by atoms with Crippen LogP contribution in [0.15, 0.2) is 36.7 Å². The highest BCUT2D eigenvalue weighted by Crippen LogP contribution is 2.24. The van der Waals surface area contributed by atoms with Gasteiger partial charge in [0.1, 0.15) is 5.82 Å². The Morgan fingerprint density at radius 3 is 2.67 bits per heavy atom. The fourth-order valence-corrected chi connectivity index (χ4v) is 3.59. The molecule has 3 rings (SSSR count). The second-order valence-corrected chi connectivity index (χ2v) is 7.22. The molecule has 4 nitrogen and oxygen atoms in total. The van der Waals surface area contributed by atoms with Crippen molar-refractivity contribution in [1.29, 1.82) is 0 Å². The van der Waals surface area contributed by atoms with Gasteiger partial charge in [-0.3, -0.25) is 4.79 Å². The summed E-state index contributed by atoms with van der Waals surface area (Å²) >= 11 is 6.15. The molecular weight excluding hydrogens is 322 g/mol. The van der Waals surface area contributed by atoms with Gasteiger partial charge in [0, 0.05) is 37.9 Å². The van der Waals surface area contributed by atoms with Crippen LogP contribution in [-0.2, 0) is 6.54 Å². The summed E-state index contributed by atoms with van der Waals surface area (Å²) in [5, 5.41) is 0.532. The van der Waals surface area contributed by atoms with Gasteiger partial charge < -0.3 is 9.47 Å². The molecule has 0 bridgehead atoms. The molecule has 1 aliphatic rings. The second-order valence-electron chi connectivity index (χ2n) is 6.81. The Bertz CT molecular complexity index is 702. The van der Waals surface area contributed by atoms with Gasteiger partial charge in [-0.2, -0.15) is 0 Å². The summed E-state index contributed by atoms with van der Waals surface area (Å²) in [5.74, 6) is 2.21. The zero-order valence-corrected chi connectivity index (χ0v) is 15.0. The predicted molar refractivity (Wildman–Crippen MR) is 96.4 cm³/mol. The molecule has 1 aliphatic heterocycles. The molecule has 0 N–H and O–H groups in total. The van der Waals surface area contributed by atoms with Gasteiger partial charge in [0.2, 0.25) is 0 Å². The molecule has 1 saturated heterocycles. The van der Waals surface area contributed by atoms with Crippen LogP contribution in [0, 0.1) is 5.92 Å². The molecule has 1 aromatic heterocycles. The first-order valence-corrected chi connectivity index (χ1v) is 8.99. The quantitative estimate of drug-likeness (QED) is 0.832. The molecule has 1 amide bonds. The lowest BCUT2D eigenvalue weighted by atomic mass is 9.96. The Labute approximate surface area is 148 Å². The third-order valence-corrected chi connectivity index (χ3v) is 5.05. The van der Waals surface area contributed by atoms with Gasteiger partial charge in [0.05, 0.1) is 10.6 Å². The number of hydrogen-bond donors (Lipinski definition) is 0.